The molecule has 0 aliphatic carbocycles. The van der Waals surface area contributed by atoms with E-state index in [1.54, 1.807) is 12.4 Å². The molecule has 0 saturated carbocycles. The van der Waals surface area contributed by atoms with Crippen molar-refractivity contribution < 1.29 is 27.5 Å². The van der Waals surface area contributed by atoms with Gasteiger partial charge in [-0.2, -0.15) is 13.2 Å². The Hall–Kier alpha value is -3.49. The van der Waals surface area contributed by atoms with Gasteiger partial charge in [-0.1, -0.05) is 18.2 Å². The SMILES string of the molecule is COc1ccc(-c2[nH]c3ccccc3c2CCC(=O)NCC(=O)NCC(F)(F)F)cc1. The van der Waals surface area contributed by atoms with E-state index >= 15 is 0 Å². The van der Waals surface area contributed by atoms with Gasteiger partial charge in [0.25, 0.3) is 0 Å². The summed E-state index contributed by atoms with van der Waals surface area (Å²) in [7, 11) is 1.59. The second-order valence-electron chi connectivity index (χ2n) is 6.92. The van der Waals surface area contributed by atoms with Crippen molar-refractivity contribution in [3.8, 4) is 17.0 Å². The quantitative estimate of drug-likeness (QED) is 0.508. The van der Waals surface area contributed by atoms with Crippen molar-refractivity contribution in [1.82, 2.24) is 15.6 Å². The lowest BCUT2D eigenvalue weighted by molar-refractivity contribution is -0.138. The van der Waals surface area contributed by atoms with Crippen molar-refractivity contribution >= 4 is 22.7 Å². The number of halogens is 3. The lowest BCUT2D eigenvalue weighted by Gasteiger charge is -2.10. The van der Waals surface area contributed by atoms with Crippen LogP contribution in [0.2, 0.25) is 0 Å². The number of para-hydroxylation sites is 1. The summed E-state index contributed by atoms with van der Waals surface area (Å²) in [5, 5.41) is 5.05. The molecule has 9 heteroatoms. The van der Waals surface area contributed by atoms with Gasteiger partial charge < -0.3 is 20.4 Å². The van der Waals surface area contributed by atoms with Gasteiger partial charge in [-0.3, -0.25) is 9.59 Å². The molecule has 0 aliphatic rings. The lowest BCUT2D eigenvalue weighted by Crippen LogP contribution is -2.40. The Morgan fingerprint density at radius 2 is 1.71 bits per heavy atom. The van der Waals surface area contributed by atoms with E-state index in [1.807, 2.05) is 48.5 Å². The molecule has 1 heterocycles. The highest BCUT2D eigenvalue weighted by molar-refractivity contribution is 5.91. The number of methoxy groups -OCH3 is 1. The number of carbonyl (C=O) groups is 2. The van der Waals surface area contributed by atoms with Crippen LogP contribution in [0.15, 0.2) is 48.5 Å². The van der Waals surface area contributed by atoms with Gasteiger partial charge in [-0.25, -0.2) is 0 Å². The van der Waals surface area contributed by atoms with E-state index in [9.17, 15) is 22.8 Å². The molecule has 3 N–H and O–H groups in total. The van der Waals surface area contributed by atoms with E-state index in [0.29, 0.717) is 6.42 Å². The normalized spacial score (nSPS) is 11.4. The van der Waals surface area contributed by atoms with Crippen LogP contribution in [0, 0.1) is 0 Å². The number of rotatable bonds is 8. The summed E-state index contributed by atoms with van der Waals surface area (Å²) >= 11 is 0. The van der Waals surface area contributed by atoms with Crippen LogP contribution in [-0.4, -0.2) is 43.2 Å². The molecule has 0 saturated heterocycles. The molecule has 0 radical (unpaired) electrons. The van der Waals surface area contributed by atoms with Crippen LogP contribution in [0.4, 0.5) is 13.2 Å². The molecule has 0 fully saturated rings. The first-order valence-corrected chi connectivity index (χ1v) is 9.61. The van der Waals surface area contributed by atoms with Crippen molar-refractivity contribution in [2.45, 2.75) is 19.0 Å². The minimum Gasteiger partial charge on any atom is -0.497 e. The van der Waals surface area contributed by atoms with Crippen LogP contribution in [0.25, 0.3) is 22.2 Å². The highest BCUT2D eigenvalue weighted by Gasteiger charge is 2.27. The fraction of sp³-hybridized carbons (Fsp3) is 0.273. The van der Waals surface area contributed by atoms with Gasteiger partial charge in [0, 0.05) is 23.0 Å². The summed E-state index contributed by atoms with van der Waals surface area (Å²) in [6.07, 6.45) is -4.02. The Balaban J connectivity index is 1.68. The number of aromatic nitrogens is 1. The number of ether oxygens (including phenoxy) is 1. The second kappa shape index (κ2) is 9.55. The Morgan fingerprint density at radius 1 is 1.00 bits per heavy atom. The third-order valence-corrected chi connectivity index (χ3v) is 4.73. The summed E-state index contributed by atoms with van der Waals surface area (Å²) in [6.45, 7) is -1.93. The highest BCUT2D eigenvalue weighted by Crippen LogP contribution is 2.32. The summed E-state index contributed by atoms with van der Waals surface area (Å²) in [4.78, 5) is 27.0. The number of aryl methyl sites for hydroxylation is 1. The molecule has 164 valence electrons. The van der Waals surface area contributed by atoms with Gasteiger partial charge in [-0.05, 0) is 47.9 Å². The predicted octanol–water partition coefficient (Wildman–Crippen LogP) is 3.57. The monoisotopic (exact) mass is 433 g/mol. The standard InChI is InChI=1S/C22H22F3N3O3/c1-31-15-8-6-14(7-9-15)21-17(16-4-2-3-5-18(16)28-21)10-11-19(29)26-12-20(30)27-13-22(23,24)25/h2-9,28H,10-13H2,1H3,(H,26,29)(H,27,30). The predicted molar refractivity (Wildman–Crippen MR) is 111 cm³/mol. The molecule has 2 amide bonds. The molecule has 0 atom stereocenters. The third kappa shape index (κ3) is 6.00. The zero-order valence-corrected chi connectivity index (χ0v) is 16.8. The van der Waals surface area contributed by atoms with Crippen LogP contribution in [0.3, 0.4) is 0 Å². The maximum absolute atomic E-state index is 12.2. The molecular formula is C22H22F3N3O3. The second-order valence-corrected chi connectivity index (χ2v) is 6.92. The molecule has 3 rings (SSSR count). The van der Waals surface area contributed by atoms with Gasteiger partial charge in [-0.15, -0.1) is 0 Å². The van der Waals surface area contributed by atoms with Crippen LogP contribution in [-0.2, 0) is 16.0 Å². The highest BCUT2D eigenvalue weighted by atomic mass is 19.4. The number of hydrogen-bond donors (Lipinski definition) is 3. The van der Waals surface area contributed by atoms with Crippen molar-refractivity contribution in [1.29, 1.82) is 0 Å². The minimum atomic E-state index is -4.49. The molecule has 2 aromatic carbocycles. The molecule has 0 bridgehead atoms. The number of H-pyrrole nitrogens is 1. The van der Waals surface area contributed by atoms with E-state index < -0.39 is 31.1 Å². The average molecular weight is 433 g/mol. The van der Waals surface area contributed by atoms with Crippen LogP contribution >= 0.6 is 0 Å². The first-order chi connectivity index (χ1) is 14.8. The van der Waals surface area contributed by atoms with E-state index in [1.165, 1.54) is 0 Å². The zero-order valence-electron chi connectivity index (χ0n) is 16.8. The largest absolute Gasteiger partial charge is 0.497 e. The third-order valence-electron chi connectivity index (χ3n) is 4.73. The molecule has 0 aliphatic heterocycles. The smallest absolute Gasteiger partial charge is 0.405 e. The number of carbonyl (C=O) groups excluding carboxylic acids is 2. The summed E-state index contributed by atoms with van der Waals surface area (Å²) < 4.78 is 41.6. The maximum atomic E-state index is 12.2. The van der Waals surface area contributed by atoms with Gasteiger partial charge in [0.1, 0.15) is 12.3 Å². The first kappa shape index (κ1) is 22.2. The Bertz CT molecular complexity index is 1060. The Kier molecular flexibility index (Phi) is 6.84. The molecule has 31 heavy (non-hydrogen) atoms. The minimum absolute atomic E-state index is 0.0809. The topological polar surface area (TPSA) is 83.2 Å². The van der Waals surface area contributed by atoms with Crippen LogP contribution in [0.1, 0.15) is 12.0 Å². The number of amides is 2. The molecule has 1 aromatic heterocycles. The van der Waals surface area contributed by atoms with Gasteiger partial charge in [0.15, 0.2) is 0 Å². The fourth-order valence-electron chi connectivity index (χ4n) is 3.23. The Morgan fingerprint density at radius 3 is 2.39 bits per heavy atom. The first-order valence-electron chi connectivity index (χ1n) is 9.61. The Labute approximate surface area is 176 Å². The van der Waals surface area contributed by atoms with Gasteiger partial charge in [0.05, 0.1) is 13.7 Å². The molecule has 6 nitrogen and oxygen atoms in total. The van der Waals surface area contributed by atoms with Crippen molar-refractivity contribution in [2.75, 3.05) is 20.2 Å². The number of benzene rings is 2. The molecule has 3 aromatic rings. The fourth-order valence-corrected chi connectivity index (χ4v) is 3.23. The van der Waals surface area contributed by atoms with Crippen LogP contribution < -0.4 is 15.4 Å². The van der Waals surface area contributed by atoms with Gasteiger partial charge in [0.2, 0.25) is 11.8 Å². The van der Waals surface area contributed by atoms with Crippen molar-refractivity contribution in [3.05, 3.63) is 54.1 Å². The molecule has 0 spiro atoms. The van der Waals surface area contributed by atoms with E-state index in [4.69, 9.17) is 4.74 Å². The molecular weight excluding hydrogens is 411 g/mol. The average Bonchev–Trinajstić information content (AvgIpc) is 3.13. The summed E-state index contributed by atoms with van der Waals surface area (Å²) in [5.74, 6) is -0.589. The summed E-state index contributed by atoms with van der Waals surface area (Å²) in [5.41, 5.74) is 3.67. The zero-order chi connectivity index (χ0) is 22.4. The lowest BCUT2D eigenvalue weighted by atomic mass is 10.0. The number of aromatic amines is 1. The maximum Gasteiger partial charge on any atom is 0.405 e. The van der Waals surface area contributed by atoms with Crippen LogP contribution in [0.5, 0.6) is 5.75 Å². The number of nitrogens with one attached hydrogen (secondary N) is 3. The van der Waals surface area contributed by atoms with Crippen molar-refractivity contribution in [2.24, 2.45) is 0 Å². The van der Waals surface area contributed by atoms with Crippen molar-refractivity contribution in [3.63, 3.8) is 0 Å². The number of hydrogen-bond acceptors (Lipinski definition) is 3. The summed E-state index contributed by atoms with van der Waals surface area (Å²) in [6, 6.07) is 15.2. The number of alkyl halides is 3. The number of fused-ring (bicyclic) bond motifs is 1. The molecule has 0 unspecified atom stereocenters. The van der Waals surface area contributed by atoms with E-state index in [0.717, 1.165) is 33.5 Å². The van der Waals surface area contributed by atoms with E-state index in [-0.39, 0.29) is 6.42 Å². The van der Waals surface area contributed by atoms with E-state index in [2.05, 4.69) is 10.3 Å². The van der Waals surface area contributed by atoms with Gasteiger partial charge >= 0.3 is 6.18 Å².